The van der Waals surface area contributed by atoms with Gasteiger partial charge in [0.1, 0.15) is 17.9 Å². The number of aromatic nitrogens is 3. The lowest BCUT2D eigenvalue weighted by Gasteiger charge is -2.31. The normalized spacial score (nSPS) is 16.9. The molecule has 7 heteroatoms. The molecule has 0 spiro atoms. The van der Waals surface area contributed by atoms with Crippen LogP contribution in [0.15, 0.2) is 29.5 Å². The van der Waals surface area contributed by atoms with E-state index in [4.69, 9.17) is 0 Å². The SMILES string of the molecule is C[C@@H](C(=O)NCCCN(C)C1CCCCC1)n1ncn2cccc2c1=O. The summed E-state index contributed by atoms with van der Waals surface area (Å²) in [5.41, 5.74) is 0.269. The van der Waals surface area contributed by atoms with E-state index in [1.54, 1.807) is 36.0 Å². The van der Waals surface area contributed by atoms with Crippen molar-refractivity contribution in [2.75, 3.05) is 20.1 Å². The fourth-order valence-electron chi connectivity index (χ4n) is 3.74. The van der Waals surface area contributed by atoms with Crippen LogP contribution in [0, 0.1) is 0 Å². The van der Waals surface area contributed by atoms with E-state index in [1.165, 1.54) is 36.8 Å². The number of carbonyl (C=O) groups excluding carboxylic acids is 1. The highest BCUT2D eigenvalue weighted by Gasteiger charge is 2.19. The van der Waals surface area contributed by atoms with Crippen molar-refractivity contribution >= 4 is 11.4 Å². The van der Waals surface area contributed by atoms with E-state index in [0.717, 1.165) is 13.0 Å². The monoisotopic (exact) mass is 359 g/mol. The minimum atomic E-state index is -0.626. The third-order valence-electron chi connectivity index (χ3n) is 5.44. The maximum absolute atomic E-state index is 12.4. The second-order valence-corrected chi connectivity index (χ2v) is 7.27. The maximum Gasteiger partial charge on any atom is 0.291 e. The van der Waals surface area contributed by atoms with E-state index in [2.05, 4.69) is 22.4 Å². The first-order chi connectivity index (χ1) is 12.6. The van der Waals surface area contributed by atoms with Crippen molar-refractivity contribution in [3.8, 4) is 0 Å². The maximum atomic E-state index is 12.4. The van der Waals surface area contributed by atoms with Crippen molar-refractivity contribution in [3.63, 3.8) is 0 Å². The molecule has 0 radical (unpaired) electrons. The predicted octanol–water partition coefficient (Wildman–Crippen LogP) is 1.83. The first-order valence-electron chi connectivity index (χ1n) is 9.60. The van der Waals surface area contributed by atoms with Crippen molar-refractivity contribution in [2.45, 2.75) is 57.5 Å². The molecule has 26 heavy (non-hydrogen) atoms. The summed E-state index contributed by atoms with van der Waals surface area (Å²) in [6.45, 7) is 3.30. The summed E-state index contributed by atoms with van der Waals surface area (Å²) in [4.78, 5) is 27.2. The molecule has 1 fully saturated rings. The molecule has 1 N–H and O–H groups in total. The Labute approximate surface area is 154 Å². The minimum Gasteiger partial charge on any atom is -0.354 e. The van der Waals surface area contributed by atoms with Crippen molar-refractivity contribution in [1.82, 2.24) is 24.4 Å². The van der Waals surface area contributed by atoms with Crippen LogP contribution < -0.4 is 10.9 Å². The van der Waals surface area contributed by atoms with Gasteiger partial charge in [0, 0.05) is 18.8 Å². The van der Waals surface area contributed by atoms with Gasteiger partial charge in [-0.05, 0) is 51.9 Å². The number of amides is 1. The van der Waals surface area contributed by atoms with Gasteiger partial charge >= 0.3 is 0 Å². The number of fused-ring (bicyclic) bond motifs is 1. The second kappa shape index (κ2) is 8.49. The summed E-state index contributed by atoms with van der Waals surface area (Å²) in [5, 5.41) is 7.05. The quantitative estimate of drug-likeness (QED) is 0.766. The van der Waals surface area contributed by atoms with Gasteiger partial charge in [0.05, 0.1) is 0 Å². The summed E-state index contributed by atoms with van der Waals surface area (Å²) in [7, 11) is 2.18. The molecule has 7 nitrogen and oxygen atoms in total. The van der Waals surface area contributed by atoms with Crippen LogP contribution in [0.1, 0.15) is 51.5 Å². The van der Waals surface area contributed by atoms with Crippen molar-refractivity contribution in [3.05, 3.63) is 35.0 Å². The molecular weight excluding hydrogens is 330 g/mol. The number of hydrogen-bond donors (Lipinski definition) is 1. The number of nitrogens with zero attached hydrogens (tertiary/aromatic N) is 4. The second-order valence-electron chi connectivity index (χ2n) is 7.27. The Kier molecular flexibility index (Phi) is 6.08. The van der Waals surface area contributed by atoms with E-state index in [-0.39, 0.29) is 11.5 Å². The third kappa shape index (κ3) is 4.15. The van der Waals surface area contributed by atoms with Crippen LogP contribution in [0.2, 0.25) is 0 Å². The highest BCUT2D eigenvalue weighted by Crippen LogP contribution is 2.21. The Morgan fingerprint density at radius 3 is 2.92 bits per heavy atom. The lowest BCUT2D eigenvalue weighted by molar-refractivity contribution is -0.124. The van der Waals surface area contributed by atoms with Crippen LogP contribution in [0.5, 0.6) is 0 Å². The summed E-state index contributed by atoms with van der Waals surface area (Å²) >= 11 is 0. The van der Waals surface area contributed by atoms with Gasteiger partial charge in [0.2, 0.25) is 5.91 Å². The van der Waals surface area contributed by atoms with Crippen LogP contribution in [-0.2, 0) is 4.79 Å². The Hall–Kier alpha value is -2.15. The van der Waals surface area contributed by atoms with Gasteiger partial charge in [-0.15, -0.1) is 0 Å². The van der Waals surface area contributed by atoms with Gasteiger partial charge in [-0.25, -0.2) is 4.68 Å². The zero-order valence-corrected chi connectivity index (χ0v) is 15.7. The van der Waals surface area contributed by atoms with Crippen LogP contribution in [-0.4, -0.2) is 51.2 Å². The van der Waals surface area contributed by atoms with Crippen molar-refractivity contribution < 1.29 is 4.79 Å². The van der Waals surface area contributed by atoms with Gasteiger partial charge in [-0.2, -0.15) is 5.10 Å². The number of carbonyl (C=O) groups is 1. The third-order valence-corrected chi connectivity index (χ3v) is 5.44. The van der Waals surface area contributed by atoms with Crippen molar-refractivity contribution in [1.29, 1.82) is 0 Å². The molecule has 0 aromatic carbocycles. The van der Waals surface area contributed by atoms with Crippen LogP contribution >= 0.6 is 0 Å². The molecule has 0 aliphatic heterocycles. The van der Waals surface area contributed by atoms with Crippen molar-refractivity contribution in [2.24, 2.45) is 0 Å². The Bertz CT molecular complexity index is 791. The van der Waals surface area contributed by atoms with Gasteiger partial charge < -0.3 is 14.6 Å². The largest absolute Gasteiger partial charge is 0.354 e. The van der Waals surface area contributed by atoms with E-state index >= 15 is 0 Å². The molecule has 1 atom stereocenters. The molecule has 3 rings (SSSR count). The van der Waals surface area contributed by atoms with Gasteiger partial charge in [-0.1, -0.05) is 19.3 Å². The smallest absolute Gasteiger partial charge is 0.291 e. The van der Waals surface area contributed by atoms with E-state index < -0.39 is 6.04 Å². The standard InChI is InChI=1S/C19H29N5O2/c1-15(24-19(26)17-10-6-13-23(17)14-21-24)18(25)20-11-7-12-22(2)16-8-4-3-5-9-16/h6,10,13-16H,3-5,7-9,11-12H2,1-2H3,(H,20,25)/t15-/m0/s1. The van der Waals surface area contributed by atoms with Crippen LogP contribution in [0.4, 0.5) is 0 Å². The van der Waals surface area contributed by atoms with Gasteiger partial charge in [-0.3, -0.25) is 9.59 Å². The fraction of sp³-hybridized carbons (Fsp3) is 0.632. The number of nitrogens with one attached hydrogen (secondary N) is 1. The molecule has 2 heterocycles. The number of hydrogen-bond acceptors (Lipinski definition) is 4. The summed E-state index contributed by atoms with van der Waals surface area (Å²) in [5.74, 6) is -0.171. The lowest BCUT2D eigenvalue weighted by Crippen LogP contribution is -2.39. The summed E-state index contributed by atoms with van der Waals surface area (Å²) < 4.78 is 2.91. The van der Waals surface area contributed by atoms with Gasteiger partial charge in [0.25, 0.3) is 5.56 Å². The van der Waals surface area contributed by atoms with E-state index in [9.17, 15) is 9.59 Å². The van der Waals surface area contributed by atoms with E-state index in [0.29, 0.717) is 18.1 Å². The zero-order valence-electron chi connectivity index (χ0n) is 15.7. The molecule has 0 unspecified atom stereocenters. The molecule has 2 aromatic heterocycles. The molecule has 2 aromatic rings. The lowest BCUT2D eigenvalue weighted by atomic mass is 9.94. The Morgan fingerprint density at radius 2 is 2.15 bits per heavy atom. The molecule has 1 amide bonds. The molecule has 0 bridgehead atoms. The van der Waals surface area contributed by atoms with E-state index in [1.807, 2.05) is 0 Å². The molecule has 142 valence electrons. The summed E-state index contributed by atoms with van der Waals surface area (Å²) in [6, 6.07) is 3.58. The van der Waals surface area contributed by atoms with Gasteiger partial charge in [0.15, 0.2) is 0 Å². The first kappa shape index (κ1) is 18.6. The molecule has 1 aliphatic rings. The number of rotatable bonds is 7. The zero-order chi connectivity index (χ0) is 18.5. The average Bonchev–Trinajstić information content (AvgIpc) is 3.15. The van der Waals surface area contributed by atoms with Crippen LogP contribution in [0.3, 0.4) is 0 Å². The molecular formula is C19H29N5O2. The predicted molar refractivity (Wildman–Crippen MR) is 101 cm³/mol. The fourth-order valence-corrected chi connectivity index (χ4v) is 3.74. The highest BCUT2D eigenvalue weighted by molar-refractivity contribution is 5.79. The summed E-state index contributed by atoms with van der Waals surface area (Å²) in [6.07, 6.45) is 10.8. The Balaban J connectivity index is 1.48. The minimum absolute atomic E-state index is 0.171. The average molecular weight is 359 g/mol. The first-order valence-corrected chi connectivity index (χ1v) is 9.60. The molecule has 1 saturated carbocycles. The van der Waals surface area contributed by atoms with Crippen LogP contribution in [0.25, 0.3) is 5.52 Å². The molecule has 1 aliphatic carbocycles. The Morgan fingerprint density at radius 1 is 1.38 bits per heavy atom. The highest BCUT2D eigenvalue weighted by atomic mass is 16.2. The topological polar surface area (TPSA) is 71.6 Å². The molecule has 0 saturated heterocycles.